The first kappa shape index (κ1) is 35.0. The molecule has 2 aromatic heterocycles. The van der Waals surface area contributed by atoms with Gasteiger partial charge in [0.1, 0.15) is 11.1 Å². The van der Waals surface area contributed by atoms with E-state index in [4.69, 9.17) is 37.6 Å². The Balaban J connectivity index is 1.75. The highest BCUT2D eigenvalue weighted by atomic mass is 79.9. The van der Waals surface area contributed by atoms with Crippen molar-refractivity contribution >= 4 is 37.8 Å². The molecule has 0 aliphatic rings. The minimum absolute atomic E-state index is 0.0317. The third-order valence-electron chi connectivity index (χ3n) is 7.82. The molecule has 0 saturated carbocycles. The van der Waals surface area contributed by atoms with Crippen LogP contribution in [0.25, 0.3) is 33.0 Å². The first-order valence-electron chi connectivity index (χ1n) is 15.7. The van der Waals surface area contributed by atoms with E-state index in [2.05, 4.69) is 15.9 Å². The van der Waals surface area contributed by atoms with Gasteiger partial charge >= 0.3 is 5.63 Å². The normalized spacial score (nSPS) is 11.5. The molecule has 0 radical (unpaired) electrons. The summed E-state index contributed by atoms with van der Waals surface area (Å²) in [5.41, 5.74) is 3.95. The molecule has 10 nitrogen and oxygen atoms in total. The van der Waals surface area contributed by atoms with Crippen LogP contribution in [0.4, 0.5) is 0 Å². The van der Waals surface area contributed by atoms with Crippen LogP contribution in [0.2, 0.25) is 0 Å². The van der Waals surface area contributed by atoms with E-state index in [0.717, 1.165) is 32.1 Å². The van der Waals surface area contributed by atoms with E-state index >= 15 is 0 Å². The van der Waals surface area contributed by atoms with Gasteiger partial charge in [-0.2, -0.15) is 0 Å². The van der Waals surface area contributed by atoms with Crippen LogP contribution in [0.3, 0.4) is 0 Å². The number of methoxy groups -OCH3 is 4. The number of halogens is 1. The molecule has 0 bridgehead atoms. The van der Waals surface area contributed by atoms with Gasteiger partial charge in [0, 0.05) is 46.7 Å². The lowest BCUT2D eigenvalue weighted by molar-refractivity contribution is 0.0492. The van der Waals surface area contributed by atoms with Crippen LogP contribution in [-0.4, -0.2) is 52.0 Å². The van der Waals surface area contributed by atoms with Crippen molar-refractivity contribution in [3.63, 3.8) is 0 Å². The van der Waals surface area contributed by atoms with Crippen molar-refractivity contribution in [1.82, 2.24) is 4.57 Å². The molecule has 0 fully saturated rings. The third-order valence-corrected chi connectivity index (χ3v) is 8.56. The molecule has 0 N–H and O–H groups in total. The molecule has 0 atom stereocenters. The van der Waals surface area contributed by atoms with Gasteiger partial charge in [0.25, 0.3) is 0 Å². The number of nitrogens with zero attached hydrogens (tertiary/aromatic N) is 1. The average molecular weight is 725 g/mol. The number of ether oxygens (including phenoxy) is 7. The molecular formula is C37H42BrNO9. The topological polar surface area (TPSA) is 99.8 Å². The van der Waals surface area contributed by atoms with Crippen LogP contribution in [0, 0.1) is 6.92 Å². The van der Waals surface area contributed by atoms with Crippen molar-refractivity contribution in [1.29, 1.82) is 0 Å². The SMILES string of the molecule is COCOc1cc(-c2cn(CCc3cc(OC(C)C)c(OC)cc3Br)c3c(=O)oc4cc(OC(C)C)c(OC)cc4c23)c(C)cc1OC. The fourth-order valence-electron chi connectivity index (χ4n) is 5.77. The van der Waals surface area contributed by atoms with E-state index < -0.39 is 5.63 Å². The lowest BCUT2D eigenvalue weighted by atomic mass is 9.97. The van der Waals surface area contributed by atoms with Crippen LogP contribution < -0.4 is 34.0 Å². The van der Waals surface area contributed by atoms with Gasteiger partial charge in [0.05, 0.1) is 33.5 Å². The van der Waals surface area contributed by atoms with Crippen LogP contribution >= 0.6 is 15.9 Å². The molecule has 0 aliphatic heterocycles. The van der Waals surface area contributed by atoms with Crippen molar-refractivity contribution < 1.29 is 37.6 Å². The molecule has 0 spiro atoms. The zero-order valence-corrected chi connectivity index (χ0v) is 30.4. The number of hydrogen-bond donors (Lipinski definition) is 0. The van der Waals surface area contributed by atoms with E-state index in [9.17, 15) is 4.79 Å². The Labute approximate surface area is 288 Å². The Kier molecular flexibility index (Phi) is 10.8. The van der Waals surface area contributed by atoms with Gasteiger partial charge in [0.2, 0.25) is 0 Å². The number of aromatic nitrogens is 1. The second kappa shape index (κ2) is 14.8. The van der Waals surface area contributed by atoms with E-state index in [1.165, 1.54) is 0 Å². The molecule has 48 heavy (non-hydrogen) atoms. The first-order chi connectivity index (χ1) is 23.0. The van der Waals surface area contributed by atoms with Gasteiger partial charge in [-0.3, -0.25) is 0 Å². The lowest BCUT2D eigenvalue weighted by Gasteiger charge is -2.16. The van der Waals surface area contributed by atoms with Crippen LogP contribution in [0.1, 0.15) is 38.8 Å². The predicted octanol–water partition coefficient (Wildman–Crippen LogP) is 8.31. The predicted molar refractivity (Wildman–Crippen MR) is 190 cm³/mol. The Hall–Kier alpha value is -4.35. The fourth-order valence-corrected chi connectivity index (χ4v) is 6.29. The Morgan fingerprint density at radius 3 is 2.02 bits per heavy atom. The molecule has 11 heteroatoms. The van der Waals surface area contributed by atoms with Crippen molar-refractivity contribution in [3.05, 3.63) is 68.6 Å². The zero-order chi connectivity index (χ0) is 34.7. The van der Waals surface area contributed by atoms with Crippen LogP contribution in [0.15, 0.2) is 56.3 Å². The zero-order valence-electron chi connectivity index (χ0n) is 28.8. The third kappa shape index (κ3) is 7.07. The highest BCUT2D eigenvalue weighted by Crippen LogP contribution is 2.43. The number of benzene rings is 3. The largest absolute Gasteiger partial charge is 0.493 e. The minimum Gasteiger partial charge on any atom is -0.493 e. The van der Waals surface area contributed by atoms with Gasteiger partial charge in [-0.1, -0.05) is 15.9 Å². The molecule has 0 saturated heterocycles. The summed E-state index contributed by atoms with van der Waals surface area (Å²) in [4.78, 5) is 13.9. The van der Waals surface area contributed by atoms with Gasteiger partial charge in [-0.25, -0.2) is 4.79 Å². The molecule has 5 aromatic rings. The number of fused-ring (bicyclic) bond motifs is 3. The Morgan fingerprint density at radius 1 is 0.771 bits per heavy atom. The number of hydrogen-bond acceptors (Lipinski definition) is 9. The minimum atomic E-state index is -0.468. The second-order valence-electron chi connectivity index (χ2n) is 11.9. The molecule has 2 heterocycles. The molecule has 0 aliphatic carbocycles. The van der Waals surface area contributed by atoms with E-state index in [-0.39, 0.29) is 19.0 Å². The molecular weight excluding hydrogens is 682 g/mol. The van der Waals surface area contributed by atoms with Gasteiger partial charge in [0.15, 0.2) is 41.3 Å². The summed E-state index contributed by atoms with van der Waals surface area (Å²) in [6.07, 6.45) is 2.42. The maximum Gasteiger partial charge on any atom is 0.361 e. The fraction of sp³-hybridized carbons (Fsp3) is 0.378. The maximum absolute atomic E-state index is 13.9. The van der Waals surface area contributed by atoms with Gasteiger partial charge < -0.3 is 42.1 Å². The van der Waals surface area contributed by atoms with Crippen LogP contribution in [0.5, 0.6) is 34.5 Å². The summed E-state index contributed by atoms with van der Waals surface area (Å²) in [6, 6.07) is 11.3. The summed E-state index contributed by atoms with van der Waals surface area (Å²) >= 11 is 3.70. The summed E-state index contributed by atoms with van der Waals surface area (Å²) in [7, 11) is 6.36. The van der Waals surface area contributed by atoms with Crippen molar-refractivity contribution in [3.8, 4) is 45.6 Å². The molecule has 256 valence electrons. The summed E-state index contributed by atoms with van der Waals surface area (Å²) in [6.45, 7) is 10.3. The summed E-state index contributed by atoms with van der Waals surface area (Å²) in [5, 5.41) is 1.43. The summed E-state index contributed by atoms with van der Waals surface area (Å²) in [5.74, 6) is 3.39. The van der Waals surface area contributed by atoms with E-state index in [1.54, 1.807) is 34.5 Å². The van der Waals surface area contributed by atoms with Crippen LogP contribution in [-0.2, 0) is 17.7 Å². The lowest BCUT2D eigenvalue weighted by Crippen LogP contribution is -2.10. The monoisotopic (exact) mass is 723 g/mol. The first-order valence-corrected chi connectivity index (χ1v) is 16.5. The van der Waals surface area contributed by atoms with Crippen molar-refractivity contribution in [2.45, 2.75) is 59.8 Å². The van der Waals surface area contributed by atoms with E-state index in [1.807, 2.05) is 75.7 Å². The Morgan fingerprint density at radius 2 is 1.40 bits per heavy atom. The highest BCUT2D eigenvalue weighted by Gasteiger charge is 2.23. The smallest absolute Gasteiger partial charge is 0.361 e. The van der Waals surface area contributed by atoms with Crippen molar-refractivity contribution in [2.24, 2.45) is 0 Å². The molecule has 0 amide bonds. The molecule has 0 unspecified atom stereocenters. The maximum atomic E-state index is 13.9. The number of aryl methyl sites for hydroxylation is 3. The van der Waals surface area contributed by atoms with Crippen molar-refractivity contribution in [2.75, 3.05) is 35.2 Å². The van der Waals surface area contributed by atoms with E-state index in [0.29, 0.717) is 63.9 Å². The standard InChI is InChI=1S/C37H42BrNO9/c1-20(2)46-33-13-23(27(38)16-31(33)44-9)10-11-39-18-26(24-14-32(45-19-41-6)29(42-7)12-22(24)5)35-25-15-30(43-8)34(47-21(3)4)17-28(25)48-37(40)36(35)39/h12-18,20-21H,10-11,19H2,1-9H3. The summed E-state index contributed by atoms with van der Waals surface area (Å²) < 4.78 is 48.8. The van der Waals surface area contributed by atoms with Gasteiger partial charge in [-0.05, 0) is 88.1 Å². The average Bonchev–Trinajstić information content (AvgIpc) is 3.43. The molecule has 5 rings (SSSR count). The Bertz CT molecular complexity index is 1990. The second-order valence-corrected chi connectivity index (χ2v) is 12.7. The number of rotatable bonds is 14. The highest BCUT2D eigenvalue weighted by molar-refractivity contribution is 9.10. The quantitative estimate of drug-likeness (QED) is 0.0827. The van der Waals surface area contributed by atoms with Gasteiger partial charge in [-0.15, -0.1) is 0 Å². The molecule has 3 aromatic carbocycles.